The Balaban J connectivity index is 0.000000761. The average Bonchev–Trinajstić information content (AvgIpc) is 2.80. The van der Waals surface area contributed by atoms with Gasteiger partial charge in [0.15, 0.2) is 0 Å². The van der Waals surface area contributed by atoms with Crippen LogP contribution in [0, 0.1) is 10.7 Å². The predicted octanol–water partition coefficient (Wildman–Crippen LogP) is -1.22. The van der Waals surface area contributed by atoms with E-state index in [-0.39, 0.29) is 24.3 Å². The maximum absolute atomic E-state index is 12.1. The number of rotatable bonds is 11. The molecule has 0 aliphatic carbocycles. The van der Waals surface area contributed by atoms with E-state index < -0.39 is 48.8 Å². The molecule has 200 valence electrons. The molecule has 0 heterocycles. The van der Waals surface area contributed by atoms with Gasteiger partial charge in [0.25, 0.3) is 5.91 Å². The molecule has 35 heavy (non-hydrogen) atoms. The van der Waals surface area contributed by atoms with Gasteiger partial charge in [0.2, 0.25) is 5.91 Å². The smallest absolute Gasteiger partial charge is 0.337 e. The Labute approximate surface area is 242 Å². The summed E-state index contributed by atoms with van der Waals surface area (Å²) < 4.78 is 5.89. The van der Waals surface area contributed by atoms with Gasteiger partial charge in [0.1, 0.15) is 24.9 Å². The second-order valence-electron chi connectivity index (χ2n) is 6.79. The summed E-state index contributed by atoms with van der Waals surface area (Å²) >= 11 is 5.58. The summed E-state index contributed by atoms with van der Waals surface area (Å²) in [4.78, 5) is 35.3. The molecule has 13 nitrogen and oxygen atoms in total. The fourth-order valence-corrected chi connectivity index (χ4v) is 6.87. The number of hydrogen-bond donors (Lipinski definition) is 9. The highest BCUT2D eigenvalue weighted by Gasteiger charge is 2.29. The minimum Gasteiger partial charge on any atom is -0.478 e. The number of methoxy groups -OCH3 is 1. The fraction of sp³-hybridized carbons (Fsp3) is 0.526. The normalized spacial score (nSPS) is 14.1. The van der Waals surface area contributed by atoms with E-state index in [0.717, 1.165) is 0 Å². The lowest BCUT2D eigenvalue weighted by Gasteiger charge is -2.25. The van der Waals surface area contributed by atoms with Crippen LogP contribution >= 0.6 is 67.8 Å². The van der Waals surface area contributed by atoms with Crippen LogP contribution in [0.25, 0.3) is 0 Å². The van der Waals surface area contributed by atoms with Crippen molar-refractivity contribution in [2.24, 2.45) is 0 Å². The molecule has 0 aliphatic heterocycles. The summed E-state index contributed by atoms with van der Waals surface area (Å²) in [6.07, 6.45) is -5.65. The minimum atomic E-state index is -1.55. The summed E-state index contributed by atoms with van der Waals surface area (Å²) in [6.45, 7) is -0.739. The number of likely N-dealkylation sites (N-methyl/N-ethyl adjacent to an activating group) is 1. The number of carboxylic acids is 1. The molecule has 2 amide bonds. The summed E-state index contributed by atoms with van der Waals surface area (Å²) in [5.74, 6) is -2.02. The highest BCUT2D eigenvalue weighted by molar-refractivity contribution is 14.1. The van der Waals surface area contributed by atoms with Gasteiger partial charge in [0, 0.05) is 24.3 Å². The number of amides is 2. The first-order chi connectivity index (χ1) is 16.3. The number of anilines is 1. The van der Waals surface area contributed by atoms with E-state index >= 15 is 0 Å². The number of aliphatic hydroxyl groups is 5. The quantitative estimate of drug-likeness (QED) is 0.121. The molecule has 1 aromatic carbocycles. The van der Waals surface area contributed by atoms with Crippen LogP contribution in [0.15, 0.2) is 0 Å². The van der Waals surface area contributed by atoms with Crippen LogP contribution < -0.4 is 16.0 Å². The first kappa shape index (κ1) is 34.5. The second-order valence-corrected chi connectivity index (χ2v) is 10.0. The Morgan fingerprint density at radius 1 is 0.914 bits per heavy atom. The molecule has 0 spiro atoms. The van der Waals surface area contributed by atoms with Gasteiger partial charge in [-0.05, 0) is 74.8 Å². The topological polar surface area (TPSA) is 218 Å². The van der Waals surface area contributed by atoms with Crippen molar-refractivity contribution in [3.63, 3.8) is 0 Å². The number of carbonyl (C=O) groups is 3. The van der Waals surface area contributed by atoms with Crippen LogP contribution in [-0.4, -0.2) is 114 Å². The molecule has 0 aliphatic rings. The average molecular weight is 839 g/mol. The van der Waals surface area contributed by atoms with Gasteiger partial charge in [-0.3, -0.25) is 9.59 Å². The Morgan fingerprint density at radius 3 is 1.86 bits per heavy atom. The Kier molecular flexibility index (Phi) is 16.9. The maximum Gasteiger partial charge on any atom is 0.337 e. The molecule has 0 fully saturated rings. The number of ether oxygens (including phenoxy) is 1. The molecule has 0 bridgehead atoms. The lowest BCUT2D eigenvalue weighted by Crippen LogP contribution is -2.48. The van der Waals surface area contributed by atoms with E-state index in [2.05, 4.69) is 16.0 Å². The zero-order chi connectivity index (χ0) is 27.5. The molecule has 1 rings (SSSR count). The van der Waals surface area contributed by atoms with E-state index in [1.54, 1.807) is 7.05 Å². The van der Waals surface area contributed by atoms with Crippen molar-refractivity contribution >= 4 is 91.2 Å². The van der Waals surface area contributed by atoms with Crippen molar-refractivity contribution in [2.45, 2.75) is 24.4 Å². The number of halogens is 3. The van der Waals surface area contributed by atoms with Crippen LogP contribution in [0.3, 0.4) is 0 Å². The first-order valence-electron chi connectivity index (χ1n) is 9.72. The van der Waals surface area contributed by atoms with Crippen LogP contribution in [0.4, 0.5) is 5.69 Å². The van der Waals surface area contributed by atoms with E-state index in [9.17, 15) is 24.6 Å². The van der Waals surface area contributed by atoms with Crippen molar-refractivity contribution in [1.82, 2.24) is 10.6 Å². The van der Waals surface area contributed by atoms with Crippen molar-refractivity contribution in [3.05, 3.63) is 21.8 Å². The molecule has 0 aromatic heterocycles. The standard InChI is InChI=1S/C12H11I3N2O5.C7H17NO5/c1-16-11(19)5-7(13)6(12(20)21)9(15)10(8(5)14)17-4(18)3-22-2;1-8-2-4(10)6(12)7(13)5(11)3-9/h3H2,1-2H3,(H,16,19)(H,17,18)(H,20,21);4-13H,2-3H2,1H3/t;4-,5+,6+,7+/m.0/s1. The van der Waals surface area contributed by atoms with Crippen LogP contribution in [0.1, 0.15) is 20.7 Å². The van der Waals surface area contributed by atoms with Crippen molar-refractivity contribution in [3.8, 4) is 0 Å². The Morgan fingerprint density at radius 2 is 1.43 bits per heavy atom. The van der Waals surface area contributed by atoms with Gasteiger partial charge in [-0.15, -0.1) is 0 Å². The van der Waals surface area contributed by atoms with Gasteiger partial charge in [-0.25, -0.2) is 4.79 Å². The first-order valence-corrected chi connectivity index (χ1v) is 13.0. The largest absolute Gasteiger partial charge is 0.478 e. The van der Waals surface area contributed by atoms with Gasteiger partial charge in [-0.1, -0.05) is 0 Å². The lowest BCUT2D eigenvalue weighted by atomic mass is 10.0. The SMILES string of the molecule is CNC(=O)c1c(I)c(NC(=O)COC)c(I)c(C(=O)O)c1I.CNC[C@H](O)[C@@H](O)[C@H](O)[C@H](O)CO. The van der Waals surface area contributed by atoms with E-state index in [4.69, 9.17) is 25.2 Å². The number of hydrogen-bond acceptors (Lipinski definition) is 10. The summed E-state index contributed by atoms with van der Waals surface area (Å²) in [6, 6.07) is 0. The van der Waals surface area contributed by atoms with E-state index in [1.165, 1.54) is 14.2 Å². The monoisotopic (exact) mass is 839 g/mol. The number of aromatic carboxylic acids is 1. The maximum atomic E-state index is 12.1. The third-order valence-corrected chi connectivity index (χ3v) is 7.50. The van der Waals surface area contributed by atoms with Gasteiger partial charge in [-0.2, -0.15) is 0 Å². The Hall–Kier alpha value is -0.460. The molecular formula is C19H28I3N3O10. The number of benzene rings is 1. The predicted molar refractivity (Wildman–Crippen MR) is 150 cm³/mol. The van der Waals surface area contributed by atoms with Crippen LogP contribution in [0.2, 0.25) is 0 Å². The molecule has 0 saturated carbocycles. The third kappa shape index (κ3) is 10.1. The highest BCUT2D eigenvalue weighted by atomic mass is 127. The summed E-state index contributed by atoms with van der Waals surface area (Å²) in [7, 11) is 4.41. The lowest BCUT2D eigenvalue weighted by molar-refractivity contribution is -0.119. The van der Waals surface area contributed by atoms with E-state index in [0.29, 0.717) is 16.4 Å². The molecule has 0 unspecified atom stereocenters. The number of aliphatic hydroxyl groups excluding tert-OH is 5. The zero-order valence-corrected chi connectivity index (χ0v) is 25.4. The number of carboxylic acid groups (broad SMARTS) is 1. The third-order valence-electron chi connectivity index (χ3n) is 4.26. The van der Waals surface area contributed by atoms with Crippen molar-refractivity contribution < 1.29 is 49.8 Å². The molecule has 0 saturated heterocycles. The summed E-state index contributed by atoms with van der Waals surface area (Å²) in [5.41, 5.74) is 0.488. The molecular weight excluding hydrogens is 811 g/mol. The molecule has 4 atom stereocenters. The van der Waals surface area contributed by atoms with Crippen molar-refractivity contribution in [2.75, 3.05) is 46.3 Å². The molecule has 9 N–H and O–H groups in total. The zero-order valence-electron chi connectivity index (χ0n) is 18.9. The number of carbonyl (C=O) groups excluding carboxylic acids is 2. The highest BCUT2D eigenvalue weighted by Crippen LogP contribution is 2.35. The summed E-state index contributed by atoms with van der Waals surface area (Å²) in [5, 5.41) is 61.9. The molecule has 0 radical (unpaired) electrons. The minimum absolute atomic E-state index is 0.0204. The Bertz CT molecular complexity index is 890. The van der Waals surface area contributed by atoms with Crippen molar-refractivity contribution in [1.29, 1.82) is 0 Å². The number of nitrogens with one attached hydrogen (secondary N) is 3. The fourth-order valence-electron chi connectivity index (χ4n) is 2.49. The van der Waals surface area contributed by atoms with Crippen LogP contribution in [0.5, 0.6) is 0 Å². The second kappa shape index (κ2) is 17.1. The van der Waals surface area contributed by atoms with Gasteiger partial charge in [0.05, 0.1) is 36.7 Å². The molecule has 16 heteroatoms. The van der Waals surface area contributed by atoms with Crippen LogP contribution in [-0.2, 0) is 9.53 Å². The van der Waals surface area contributed by atoms with Gasteiger partial charge < -0.3 is 51.3 Å². The molecule has 1 aromatic rings. The van der Waals surface area contributed by atoms with E-state index in [1.807, 2.05) is 67.8 Å². The van der Waals surface area contributed by atoms with Gasteiger partial charge >= 0.3 is 5.97 Å².